The molecular formula is C14H16F3N3O2. The Hall–Kier alpha value is -1.80. The molecule has 2 N–H and O–H groups in total. The number of carbonyl (C=O) groups is 1. The van der Waals surface area contributed by atoms with Crippen molar-refractivity contribution >= 4 is 11.7 Å². The van der Waals surface area contributed by atoms with E-state index in [0.717, 1.165) is 6.07 Å². The van der Waals surface area contributed by atoms with Crippen LogP contribution in [-0.2, 0) is 10.9 Å². The lowest BCUT2D eigenvalue weighted by molar-refractivity contribution is -0.136. The number of amides is 2. The Morgan fingerprint density at radius 3 is 2.82 bits per heavy atom. The molecule has 1 aromatic rings. The van der Waals surface area contributed by atoms with Gasteiger partial charge in [-0.15, -0.1) is 0 Å². The molecule has 0 unspecified atom stereocenters. The van der Waals surface area contributed by atoms with Crippen molar-refractivity contribution in [2.75, 3.05) is 31.6 Å². The highest BCUT2D eigenvalue weighted by atomic mass is 19.4. The SMILES string of the molecule is O=C(Nc1ccccc1C(F)(F)F)N1C[C@@H]2NCCO[C@H]2C1. The molecule has 0 aromatic heterocycles. The molecule has 120 valence electrons. The molecule has 2 heterocycles. The highest BCUT2D eigenvalue weighted by Gasteiger charge is 2.38. The van der Waals surface area contributed by atoms with Gasteiger partial charge in [0.1, 0.15) is 0 Å². The summed E-state index contributed by atoms with van der Waals surface area (Å²) in [6.45, 7) is 2.09. The predicted octanol–water partition coefficient (Wildman–Crippen LogP) is 1.91. The number of carbonyl (C=O) groups excluding carboxylic acids is 1. The highest BCUT2D eigenvalue weighted by molar-refractivity contribution is 5.90. The van der Waals surface area contributed by atoms with Crippen LogP contribution in [0.15, 0.2) is 24.3 Å². The summed E-state index contributed by atoms with van der Waals surface area (Å²) in [5.41, 5.74) is -1.09. The molecule has 1 aromatic carbocycles. The standard InChI is InChI=1S/C14H16F3N3O2/c15-14(16,17)9-3-1-2-4-10(9)19-13(21)20-7-11-12(8-20)22-6-5-18-11/h1-4,11-12,18H,5-8H2,(H,19,21)/t11-,12-/m0/s1. The Bertz CT molecular complexity index is 551. The molecule has 2 saturated heterocycles. The fraction of sp³-hybridized carbons (Fsp3) is 0.500. The number of anilines is 1. The van der Waals surface area contributed by atoms with Gasteiger partial charge in [0.15, 0.2) is 0 Å². The number of ether oxygens (including phenoxy) is 1. The van der Waals surface area contributed by atoms with E-state index in [1.165, 1.54) is 23.1 Å². The zero-order chi connectivity index (χ0) is 15.7. The number of hydrogen-bond acceptors (Lipinski definition) is 3. The zero-order valence-corrected chi connectivity index (χ0v) is 11.7. The Balaban J connectivity index is 1.70. The van der Waals surface area contributed by atoms with Crippen LogP contribution >= 0.6 is 0 Å². The molecule has 2 amide bonds. The topological polar surface area (TPSA) is 53.6 Å². The first-order chi connectivity index (χ1) is 10.4. The molecule has 5 nitrogen and oxygen atoms in total. The second-order valence-electron chi connectivity index (χ2n) is 5.35. The van der Waals surface area contributed by atoms with Gasteiger partial charge in [0.25, 0.3) is 0 Å². The Morgan fingerprint density at radius 1 is 1.32 bits per heavy atom. The van der Waals surface area contributed by atoms with Crippen molar-refractivity contribution in [2.24, 2.45) is 0 Å². The van der Waals surface area contributed by atoms with E-state index in [0.29, 0.717) is 26.2 Å². The van der Waals surface area contributed by atoms with Crippen molar-refractivity contribution < 1.29 is 22.7 Å². The van der Waals surface area contributed by atoms with Crippen molar-refractivity contribution in [3.63, 3.8) is 0 Å². The van der Waals surface area contributed by atoms with E-state index in [2.05, 4.69) is 10.6 Å². The maximum atomic E-state index is 12.9. The van der Waals surface area contributed by atoms with Gasteiger partial charge in [0.05, 0.1) is 36.5 Å². The fourth-order valence-electron chi connectivity index (χ4n) is 2.79. The zero-order valence-electron chi connectivity index (χ0n) is 11.7. The van der Waals surface area contributed by atoms with Gasteiger partial charge in [-0.2, -0.15) is 13.2 Å². The van der Waals surface area contributed by atoms with Gasteiger partial charge in [0, 0.05) is 13.1 Å². The van der Waals surface area contributed by atoms with Crippen molar-refractivity contribution in [3.8, 4) is 0 Å². The third-order valence-corrected chi connectivity index (χ3v) is 3.87. The lowest BCUT2D eigenvalue weighted by atomic mass is 10.1. The minimum Gasteiger partial charge on any atom is -0.373 e. The van der Waals surface area contributed by atoms with Crippen LogP contribution in [0.2, 0.25) is 0 Å². The van der Waals surface area contributed by atoms with Crippen molar-refractivity contribution in [2.45, 2.75) is 18.3 Å². The smallest absolute Gasteiger partial charge is 0.373 e. The number of morpholine rings is 1. The minimum absolute atomic E-state index is 0.0392. The molecule has 0 spiro atoms. The molecule has 3 rings (SSSR count). The van der Waals surface area contributed by atoms with Crippen LogP contribution < -0.4 is 10.6 Å². The maximum Gasteiger partial charge on any atom is 0.418 e. The molecule has 2 aliphatic rings. The van der Waals surface area contributed by atoms with Gasteiger partial charge < -0.3 is 20.3 Å². The minimum atomic E-state index is -4.51. The number of alkyl halides is 3. The van der Waals surface area contributed by atoms with Crippen molar-refractivity contribution in [1.82, 2.24) is 10.2 Å². The first-order valence-corrected chi connectivity index (χ1v) is 7.02. The number of nitrogens with zero attached hydrogens (tertiary/aromatic N) is 1. The van der Waals surface area contributed by atoms with Crippen LogP contribution in [0.1, 0.15) is 5.56 Å². The summed E-state index contributed by atoms with van der Waals surface area (Å²) in [6.07, 6.45) is -4.61. The Morgan fingerprint density at radius 2 is 2.09 bits per heavy atom. The first kappa shape index (κ1) is 15.1. The number of rotatable bonds is 1. The van der Waals surface area contributed by atoms with E-state index in [4.69, 9.17) is 4.74 Å². The second kappa shape index (κ2) is 5.77. The normalized spacial score (nSPS) is 25.0. The lowest BCUT2D eigenvalue weighted by Crippen LogP contribution is -2.47. The summed E-state index contributed by atoms with van der Waals surface area (Å²) in [6, 6.07) is 4.44. The molecule has 22 heavy (non-hydrogen) atoms. The van der Waals surface area contributed by atoms with Crippen molar-refractivity contribution in [1.29, 1.82) is 0 Å². The number of benzene rings is 1. The van der Waals surface area contributed by atoms with E-state index in [1.54, 1.807) is 0 Å². The number of likely N-dealkylation sites (tertiary alicyclic amines) is 1. The summed E-state index contributed by atoms with van der Waals surface area (Å²) in [5.74, 6) is 0. The largest absolute Gasteiger partial charge is 0.418 e. The average Bonchev–Trinajstić information content (AvgIpc) is 2.90. The third-order valence-electron chi connectivity index (χ3n) is 3.87. The fourth-order valence-corrected chi connectivity index (χ4v) is 2.79. The molecule has 0 saturated carbocycles. The monoisotopic (exact) mass is 315 g/mol. The molecule has 2 atom stereocenters. The number of hydrogen-bond donors (Lipinski definition) is 2. The second-order valence-corrected chi connectivity index (χ2v) is 5.35. The Kier molecular flexibility index (Phi) is 3.96. The molecule has 0 bridgehead atoms. The predicted molar refractivity (Wildman–Crippen MR) is 73.6 cm³/mol. The number of nitrogens with one attached hydrogen (secondary N) is 2. The van der Waals surface area contributed by atoms with Crippen LogP contribution in [0.3, 0.4) is 0 Å². The average molecular weight is 315 g/mol. The summed E-state index contributed by atoms with van der Waals surface area (Å²) in [5, 5.41) is 5.59. The van der Waals surface area contributed by atoms with Crippen LogP contribution in [0.25, 0.3) is 0 Å². The molecule has 0 radical (unpaired) electrons. The molecule has 2 aliphatic heterocycles. The molecule has 0 aliphatic carbocycles. The van der Waals surface area contributed by atoms with E-state index < -0.39 is 17.8 Å². The maximum absolute atomic E-state index is 12.9. The van der Waals surface area contributed by atoms with Crippen LogP contribution in [-0.4, -0.2) is 49.3 Å². The van der Waals surface area contributed by atoms with Crippen LogP contribution in [0.5, 0.6) is 0 Å². The molecule has 2 fully saturated rings. The van der Waals surface area contributed by atoms with Gasteiger partial charge in [-0.05, 0) is 12.1 Å². The van der Waals surface area contributed by atoms with Crippen LogP contribution in [0, 0.1) is 0 Å². The van der Waals surface area contributed by atoms with Gasteiger partial charge in [-0.25, -0.2) is 4.79 Å². The summed E-state index contributed by atoms with van der Waals surface area (Å²) in [7, 11) is 0. The molecule has 8 heteroatoms. The van der Waals surface area contributed by atoms with E-state index >= 15 is 0 Å². The van der Waals surface area contributed by atoms with Gasteiger partial charge in [-0.1, -0.05) is 12.1 Å². The molecular weight excluding hydrogens is 299 g/mol. The third kappa shape index (κ3) is 3.02. The first-order valence-electron chi connectivity index (χ1n) is 7.02. The number of halogens is 3. The summed E-state index contributed by atoms with van der Waals surface area (Å²) in [4.78, 5) is 13.7. The van der Waals surface area contributed by atoms with Gasteiger partial charge in [-0.3, -0.25) is 0 Å². The Labute approximate surface area is 125 Å². The van der Waals surface area contributed by atoms with Crippen LogP contribution in [0.4, 0.5) is 23.7 Å². The number of para-hydroxylation sites is 1. The quantitative estimate of drug-likeness (QED) is 0.832. The van der Waals surface area contributed by atoms with E-state index in [1.807, 2.05) is 0 Å². The van der Waals surface area contributed by atoms with E-state index in [-0.39, 0.29) is 17.8 Å². The lowest BCUT2D eigenvalue weighted by Gasteiger charge is -2.25. The highest BCUT2D eigenvalue weighted by Crippen LogP contribution is 2.34. The number of fused-ring (bicyclic) bond motifs is 1. The van der Waals surface area contributed by atoms with E-state index in [9.17, 15) is 18.0 Å². The van der Waals surface area contributed by atoms with Crippen molar-refractivity contribution in [3.05, 3.63) is 29.8 Å². The van der Waals surface area contributed by atoms with Gasteiger partial charge in [0.2, 0.25) is 0 Å². The summed E-state index contributed by atoms with van der Waals surface area (Å²) < 4.78 is 44.3. The summed E-state index contributed by atoms with van der Waals surface area (Å²) >= 11 is 0. The van der Waals surface area contributed by atoms with Gasteiger partial charge >= 0.3 is 12.2 Å². The number of urea groups is 1.